The van der Waals surface area contributed by atoms with E-state index in [1.165, 1.54) is 5.56 Å². The number of hydrogen-bond acceptors (Lipinski definition) is 3. The molecule has 3 nitrogen and oxygen atoms in total. The molecule has 0 radical (unpaired) electrons. The van der Waals surface area contributed by atoms with Gasteiger partial charge in [0, 0.05) is 0 Å². The fourth-order valence-electron chi connectivity index (χ4n) is 1.23. The Kier molecular flexibility index (Phi) is 3.92. The van der Waals surface area contributed by atoms with Crippen molar-refractivity contribution in [2.75, 3.05) is 6.61 Å². The second-order valence-corrected chi connectivity index (χ2v) is 4.55. The maximum Gasteiger partial charge on any atom is 0.135 e. The third-order valence-electron chi connectivity index (χ3n) is 2.32. The molecule has 0 saturated heterocycles. The number of nitrogens with zero attached hydrogens (tertiary/aromatic N) is 1. The summed E-state index contributed by atoms with van der Waals surface area (Å²) < 4.78 is 5.50. The highest BCUT2D eigenvalue weighted by Crippen LogP contribution is 2.20. The molecule has 1 atom stereocenters. The van der Waals surface area contributed by atoms with Crippen LogP contribution in [0.25, 0.3) is 0 Å². The van der Waals surface area contributed by atoms with Crippen molar-refractivity contribution in [1.82, 2.24) is 0 Å². The average Bonchev–Trinajstić information content (AvgIpc) is 2.27. The van der Waals surface area contributed by atoms with E-state index in [4.69, 9.17) is 15.7 Å². The van der Waals surface area contributed by atoms with Gasteiger partial charge in [-0.15, -0.1) is 0 Å². The Morgan fingerprint density at radius 1 is 1.50 bits per heavy atom. The van der Waals surface area contributed by atoms with Crippen molar-refractivity contribution in [2.24, 2.45) is 5.73 Å². The molecule has 0 fully saturated rings. The van der Waals surface area contributed by atoms with Crippen LogP contribution < -0.4 is 10.5 Å². The Morgan fingerprint density at radius 3 is 2.75 bits per heavy atom. The molecule has 1 rings (SSSR count). The lowest BCUT2D eigenvalue weighted by Crippen LogP contribution is -2.40. The Labute approximate surface area is 96.8 Å². The van der Waals surface area contributed by atoms with Gasteiger partial charge in [0.2, 0.25) is 0 Å². The first-order valence-electron chi connectivity index (χ1n) is 5.37. The molecule has 0 heterocycles. The Balaban J connectivity index is 2.69. The van der Waals surface area contributed by atoms with Gasteiger partial charge in [0.15, 0.2) is 0 Å². The summed E-state index contributed by atoms with van der Waals surface area (Å²) in [7, 11) is 0. The normalized spacial score (nSPS) is 14.2. The number of benzene rings is 1. The highest BCUT2D eigenvalue weighted by molar-refractivity contribution is 5.30. The minimum Gasteiger partial charge on any atom is -0.491 e. The predicted molar refractivity (Wildman–Crippen MR) is 64.2 cm³/mol. The van der Waals surface area contributed by atoms with Gasteiger partial charge in [-0.05, 0) is 30.5 Å². The third-order valence-corrected chi connectivity index (χ3v) is 2.32. The molecule has 3 heteroatoms. The summed E-state index contributed by atoms with van der Waals surface area (Å²) in [6, 6.07) is 9.87. The highest BCUT2D eigenvalue weighted by Gasteiger charge is 2.18. The summed E-state index contributed by atoms with van der Waals surface area (Å²) in [5.74, 6) is 1.22. The van der Waals surface area contributed by atoms with Crippen LogP contribution in [0.3, 0.4) is 0 Å². The van der Waals surface area contributed by atoms with Crippen molar-refractivity contribution in [1.29, 1.82) is 5.26 Å². The zero-order chi connectivity index (χ0) is 12.2. The van der Waals surface area contributed by atoms with Gasteiger partial charge < -0.3 is 10.5 Å². The quantitative estimate of drug-likeness (QED) is 0.844. The van der Waals surface area contributed by atoms with Crippen molar-refractivity contribution in [3.8, 4) is 11.8 Å². The average molecular weight is 218 g/mol. The molecule has 86 valence electrons. The lowest BCUT2D eigenvalue weighted by atomic mass is 10.0. The highest BCUT2D eigenvalue weighted by atomic mass is 16.5. The second-order valence-electron chi connectivity index (χ2n) is 4.55. The van der Waals surface area contributed by atoms with Crippen molar-refractivity contribution in [3.05, 3.63) is 29.8 Å². The van der Waals surface area contributed by atoms with Gasteiger partial charge >= 0.3 is 0 Å². The SMILES string of the molecule is CC(C)c1cccc(OCC(C)(N)C#N)c1. The summed E-state index contributed by atoms with van der Waals surface area (Å²) in [5.41, 5.74) is 5.95. The fraction of sp³-hybridized carbons (Fsp3) is 0.462. The summed E-state index contributed by atoms with van der Waals surface area (Å²) in [6.07, 6.45) is 0. The van der Waals surface area contributed by atoms with E-state index in [0.29, 0.717) is 5.92 Å². The summed E-state index contributed by atoms with van der Waals surface area (Å²) in [6.45, 7) is 6.10. The zero-order valence-electron chi connectivity index (χ0n) is 10.0. The monoisotopic (exact) mass is 218 g/mol. The van der Waals surface area contributed by atoms with Crippen molar-refractivity contribution < 1.29 is 4.74 Å². The van der Waals surface area contributed by atoms with E-state index in [1.54, 1.807) is 6.92 Å². The molecule has 0 aliphatic heterocycles. The number of nitrogens with two attached hydrogens (primary N) is 1. The van der Waals surface area contributed by atoms with E-state index in [0.717, 1.165) is 5.75 Å². The molecule has 0 aliphatic carbocycles. The lowest BCUT2D eigenvalue weighted by molar-refractivity contribution is 0.264. The van der Waals surface area contributed by atoms with Crippen LogP contribution in [0.15, 0.2) is 24.3 Å². The summed E-state index contributed by atoms with van der Waals surface area (Å²) in [5, 5.41) is 8.76. The minimum absolute atomic E-state index is 0.199. The molecule has 0 spiro atoms. The molecule has 1 unspecified atom stereocenters. The van der Waals surface area contributed by atoms with Crippen LogP contribution in [0.2, 0.25) is 0 Å². The molecule has 2 N–H and O–H groups in total. The van der Waals surface area contributed by atoms with Crippen LogP contribution in [0.1, 0.15) is 32.3 Å². The van der Waals surface area contributed by atoms with Gasteiger partial charge in [-0.25, -0.2) is 0 Å². The maximum atomic E-state index is 8.76. The minimum atomic E-state index is -0.937. The number of ether oxygens (including phenoxy) is 1. The summed E-state index contributed by atoms with van der Waals surface area (Å²) >= 11 is 0. The predicted octanol–water partition coefficient (Wildman–Crippen LogP) is 2.43. The van der Waals surface area contributed by atoms with Gasteiger partial charge in [-0.3, -0.25) is 0 Å². The maximum absolute atomic E-state index is 8.76. The van der Waals surface area contributed by atoms with Crippen molar-refractivity contribution in [2.45, 2.75) is 32.2 Å². The standard InChI is InChI=1S/C13H18N2O/c1-10(2)11-5-4-6-12(7-11)16-9-13(3,15)8-14/h4-7,10H,9,15H2,1-3H3. The molecule has 0 aliphatic rings. The van der Waals surface area contributed by atoms with Crippen LogP contribution in [0.5, 0.6) is 5.75 Å². The van der Waals surface area contributed by atoms with Crippen molar-refractivity contribution in [3.63, 3.8) is 0 Å². The second kappa shape index (κ2) is 5.00. The fourth-order valence-corrected chi connectivity index (χ4v) is 1.23. The lowest BCUT2D eigenvalue weighted by Gasteiger charge is -2.17. The Morgan fingerprint density at radius 2 is 2.19 bits per heavy atom. The topological polar surface area (TPSA) is 59.0 Å². The first-order chi connectivity index (χ1) is 7.44. The molecule has 0 saturated carbocycles. The first kappa shape index (κ1) is 12.5. The third kappa shape index (κ3) is 3.56. The van der Waals surface area contributed by atoms with Crippen LogP contribution in [-0.4, -0.2) is 12.1 Å². The number of rotatable bonds is 4. The zero-order valence-corrected chi connectivity index (χ0v) is 10.0. The molecule has 0 bridgehead atoms. The molecule has 0 amide bonds. The van der Waals surface area contributed by atoms with Gasteiger partial charge in [0.1, 0.15) is 17.9 Å². The Hall–Kier alpha value is -1.53. The van der Waals surface area contributed by atoms with Gasteiger partial charge in [0.05, 0.1) is 6.07 Å². The van der Waals surface area contributed by atoms with Crippen LogP contribution >= 0.6 is 0 Å². The van der Waals surface area contributed by atoms with E-state index in [9.17, 15) is 0 Å². The smallest absolute Gasteiger partial charge is 0.135 e. The van der Waals surface area contributed by atoms with E-state index in [-0.39, 0.29) is 6.61 Å². The largest absolute Gasteiger partial charge is 0.491 e. The first-order valence-corrected chi connectivity index (χ1v) is 5.37. The van der Waals surface area contributed by atoms with E-state index < -0.39 is 5.54 Å². The summed E-state index contributed by atoms with van der Waals surface area (Å²) in [4.78, 5) is 0. The van der Waals surface area contributed by atoms with Gasteiger partial charge in [-0.2, -0.15) is 5.26 Å². The Bertz CT molecular complexity index is 391. The molecular formula is C13H18N2O. The van der Waals surface area contributed by atoms with Crippen LogP contribution in [0, 0.1) is 11.3 Å². The van der Waals surface area contributed by atoms with E-state index in [1.807, 2.05) is 24.3 Å². The molecule has 0 aromatic heterocycles. The molecule has 16 heavy (non-hydrogen) atoms. The van der Waals surface area contributed by atoms with Crippen LogP contribution in [-0.2, 0) is 0 Å². The van der Waals surface area contributed by atoms with Gasteiger partial charge in [0.25, 0.3) is 0 Å². The number of hydrogen-bond donors (Lipinski definition) is 1. The van der Waals surface area contributed by atoms with E-state index in [2.05, 4.69) is 19.9 Å². The number of nitriles is 1. The van der Waals surface area contributed by atoms with Crippen LogP contribution in [0.4, 0.5) is 0 Å². The van der Waals surface area contributed by atoms with E-state index >= 15 is 0 Å². The van der Waals surface area contributed by atoms with Crippen molar-refractivity contribution >= 4 is 0 Å². The molecule has 1 aromatic rings. The molecule has 1 aromatic carbocycles. The van der Waals surface area contributed by atoms with Gasteiger partial charge in [-0.1, -0.05) is 26.0 Å². The molecular weight excluding hydrogens is 200 g/mol.